The van der Waals surface area contributed by atoms with Crippen LogP contribution < -0.4 is 0 Å². The highest BCUT2D eigenvalue weighted by molar-refractivity contribution is 6.30. The Morgan fingerprint density at radius 3 is 2.72 bits per heavy atom. The Bertz CT molecular complexity index is 916. The molecule has 128 valence electrons. The number of aromatic nitrogens is 2. The Balaban J connectivity index is 1.80. The minimum atomic E-state index is 0.0530. The van der Waals surface area contributed by atoms with Crippen molar-refractivity contribution in [2.45, 2.75) is 32.4 Å². The molecular weight excluding hydrogens is 334 g/mol. The van der Waals surface area contributed by atoms with Gasteiger partial charge in [-0.15, -0.1) is 0 Å². The highest BCUT2D eigenvalue weighted by Crippen LogP contribution is 2.33. The lowest BCUT2D eigenvalue weighted by Gasteiger charge is -2.24. The van der Waals surface area contributed by atoms with Crippen LogP contribution in [0.5, 0.6) is 0 Å². The molecule has 0 aliphatic carbocycles. The number of carbonyl (C=O) groups excluding carboxylic acids is 1. The van der Waals surface area contributed by atoms with E-state index >= 15 is 0 Å². The molecule has 4 nitrogen and oxygen atoms in total. The summed E-state index contributed by atoms with van der Waals surface area (Å²) in [5, 5.41) is 0.734. The van der Waals surface area contributed by atoms with Gasteiger partial charge in [-0.2, -0.15) is 0 Å². The number of rotatable bonds is 3. The van der Waals surface area contributed by atoms with Gasteiger partial charge in [0.15, 0.2) is 0 Å². The number of hydrogen-bond acceptors (Lipinski definition) is 2. The average molecular weight is 354 g/mol. The lowest BCUT2D eigenvalue weighted by molar-refractivity contribution is -0.129. The smallest absolute Gasteiger partial charge is 0.220 e. The molecule has 0 N–H and O–H groups in total. The molecule has 1 aliphatic heterocycles. The zero-order valence-corrected chi connectivity index (χ0v) is 14.9. The maximum absolute atomic E-state index is 12.0. The molecule has 0 unspecified atom stereocenters. The molecule has 3 aromatic rings. The minimum Gasteiger partial charge on any atom is -0.333 e. The minimum absolute atomic E-state index is 0.0530. The number of para-hydroxylation sites is 2. The van der Waals surface area contributed by atoms with Crippen LogP contribution >= 0.6 is 11.6 Å². The third-order valence-electron chi connectivity index (χ3n) is 4.89. The number of fused-ring (bicyclic) bond motifs is 1. The standard InChI is InChI=1S/C20H20ClN3O/c1-14(25)23-12-4-7-19(23)20-22-17-5-2-3-6-18(17)24(20)13-15-8-10-16(21)11-9-15/h2-3,5-6,8-11,19H,4,7,12-13H2,1H3/t19-/m0/s1. The van der Waals surface area contributed by atoms with Crippen molar-refractivity contribution in [1.82, 2.24) is 14.5 Å². The maximum atomic E-state index is 12.0. The first-order chi connectivity index (χ1) is 12.1. The summed E-state index contributed by atoms with van der Waals surface area (Å²) < 4.78 is 2.24. The van der Waals surface area contributed by atoms with Crippen molar-refractivity contribution in [2.24, 2.45) is 0 Å². The number of nitrogens with zero attached hydrogens (tertiary/aromatic N) is 3. The molecule has 1 atom stereocenters. The third-order valence-corrected chi connectivity index (χ3v) is 5.15. The van der Waals surface area contributed by atoms with Crippen LogP contribution in [-0.4, -0.2) is 26.9 Å². The zero-order valence-electron chi connectivity index (χ0n) is 14.2. The van der Waals surface area contributed by atoms with Crippen LogP contribution in [0, 0.1) is 0 Å². The van der Waals surface area contributed by atoms with E-state index in [9.17, 15) is 4.79 Å². The zero-order chi connectivity index (χ0) is 17.4. The fraction of sp³-hybridized carbons (Fsp3) is 0.300. The van der Waals surface area contributed by atoms with E-state index < -0.39 is 0 Å². The first-order valence-corrected chi connectivity index (χ1v) is 8.98. The number of carbonyl (C=O) groups is 1. The highest BCUT2D eigenvalue weighted by atomic mass is 35.5. The third kappa shape index (κ3) is 3.02. The predicted octanol–water partition coefficient (Wildman–Crippen LogP) is 4.42. The maximum Gasteiger partial charge on any atom is 0.220 e. The number of benzene rings is 2. The second-order valence-corrected chi connectivity index (χ2v) is 6.98. The Hall–Kier alpha value is -2.33. The molecule has 4 rings (SSSR count). The van der Waals surface area contributed by atoms with E-state index in [0.717, 1.165) is 47.8 Å². The number of likely N-dealkylation sites (tertiary alicyclic amines) is 1. The summed E-state index contributed by atoms with van der Waals surface area (Å²) in [4.78, 5) is 18.9. The van der Waals surface area contributed by atoms with Crippen molar-refractivity contribution in [3.05, 3.63) is 64.9 Å². The van der Waals surface area contributed by atoms with E-state index in [4.69, 9.17) is 16.6 Å². The van der Waals surface area contributed by atoms with Crippen LogP contribution in [0.15, 0.2) is 48.5 Å². The normalized spacial score (nSPS) is 17.4. The number of imidazole rings is 1. The van der Waals surface area contributed by atoms with E-state index in [1.54, 1.807) is 6.92 Å². The van der Waals surface area contributed by atoms with Gasteiger partial charge in [-0.25, -0.2) is 4.98 Å². The van der Waals surface area contributed by atoms with E-state index in [-0.39, 0.29) is 11.9 Å². The lowest BCUT2D eigenvalue weighted by Crippen LogP contribution is -2.30. The molecule has 1 fully saturated rings. The van der Waals surface area contributed by atoms with Gasteiger partial charge in [-0.3, -0.25) is 4.79 Å². The van der Waals surface area contributed by atoms with Gasteiger partial charge in [0.1, 0.15) is 5.82 Å². The molecule has 1 saturated heterocycles. The Morgan fingerprint density at radius 2 is 1.96 bits per heavy atom. The first kappa shape index (κ1) is 16.2. The summed E-state index contributed by atoms with van der Waals surface area (Å²) in [6.45, 7) is 3.17. The van der Waals surface area contributed by atoms with Crippen LogP contribution in [0.25, 0.3) is 11.0 Å². The molecule has 2 aromatic carbocycles. The molecule has 2 heterocycles. The summed E-state index contributed by atoms with van der Waals surface area (Å²) >= 11 is 6.01. The Labute approximate surface area is 152 Å². The Kier molecular flexibility index (Phi) is 4.22. The lowest BCUT2D eigenvalue weighted by atomic mass is 10.2. The van der Waals surface area contributed by atoms with Gasteiger partial charge in [0.2, 0.25) is 5.91 Å². The molecule has 0 spiro atoms. The molecular formula is C20H20ClN3O. The summed E-state index contributed by atoms with van der Waals surface area (Å²) in [6, 6.07) is 16.1. The molecule has 0 saturated carbocycles. The average Bonchev–Trinajstić information content (AvgIpc) is 3.22. The summed E-state index contributed by atoms with van der Waals surface area (Å²) in [5.41, 5.74) is 3.24. The van der Waals surface area contributed by atoms with Crippen molar-refractivity contribution in [3.8, 4) is 0 Å². The van der Waals surface area contributed by atoms with Gasteiger partial charge < -0.3 is 9.47 Å². The second kappa shape index (κ2) is 6.52. The van der Waals surface area contributed by atoms with Crippen molar-refractivity contribution in [1.29, 1.82) is 0 Å². The molecule has 1 aliphatic rings. The molecule has 1 aromatic heterocycles. The van der Waals surface area contributed by atoms with Gasteiger partial charge in [0, 0.05) is 25.0 Å². The van der Waals surface area contributed by atoms with Gasteiger partial charge in [0.05, 0.1) is 17.1 Å². The van der Waals surface area contributed by atoms with Gasteiger partial charge in [-0.05, 0) is 42.7 Å². The highest BCUT2D eigenvalue weighted by Gasteiger charge is 2.32. The quantitative estimate of drug-likeness (QED) is 0.699. The van der Waals surface area contributed by atoms with E-state index in [2.05, 4.69) is 10.6 Å². The topological polar surface area (TPSA) is 38.1 Å². The number of hydrogen-bond donors (Lipinski definition) is 0. The number of halogens is 1. The largest absolute Gasteiger partial charge is 0.333 e. The van der Waals surface area contributed by atoms with Gasteiger partial charge in [-0.1, -0.05) is 35.9 Å². The molecule has 0 radical (unpaired) electrons. The predicted molar refractivity (Wildman–Crippen MR) is 99.6 cm³/mol. The van der Waals surface area contributed by atoms with E-state index in [1.807, 2.05) is 47.4 Å². The van der Waals surface area contributed by atoms with Crippen LogP contribution in [0.2, 0.25) is 5.02 Å². The van der Waals surface area contributed by atoms with E-state index in [1.165, 1.54) is 5.56 Å². The molecule has 25 heavy (non-hydrogen) atoms. The van der Waals surface area contributed by atoms with Crippen LogP contribution in [-0.2, 0) is 11.3 Å². The van der Waals surface area contributed by atoms with Crippen molar-refractivity contribution < 1.29 is 4.79 Å². The second-order valence-electron chi connectivity index (χ2n) is 6.54. The van der Waals surface area contributed by atoms with Crippen molar-refractivity contribution >= 4 is 28.5 Å². The van der Waals surface area contributed by atoms with Gasteiger partial charge >= 0.3 is 0 Å². The molecule has 1 amide bonds. The van der Waals surface area contributed by atoms with Gasteiger partial charge in [0.25, 0.3) is 0 Å². The number of amides is 1. The molecule has 5 heteroatoms. The summed E-state index contributed by atoms with van der Waals surface area (Å²) in [6.07, 6.45) is 1.98. The fourth-order valence-corrected chi connectivity index (χ4v) is 3.83. The van der Waals surface area contributed by atoms with Crippen molar-refractivity contribution in [2.75, 3.05) is 6.54 Å². The molecule has 0 bridgehead atoms. The van der Waals surface area contributed by atoms with Crippen LogP contribution in [0.4, 0.5) is 0 Å². The SMILES string of the molecule is CC(=O)N1CCC[C@H]1c1nc2ccccc2n1Cc1ccc(Cl)cc1. The first-order valence-electron chi connectivity index (χ1n) is 8.60. The summed E-state index contributed by atoms with van der Waals surface area (Å²) in [7, 11) is 0. The monoisotopic (exact) mass is 353 g/mol. The van der Waals surface area contributed by atoms with Crippen LogP contribution in [0.1, 0.15) is 37.2 Å². The van der Waals surface area contributed by atoms with E-state index in [0.29, 0.717) is 0 Å². The van der Waals surface area contributed by atoms with Crippen LogP contribution in [0.3, 0.4) is 0 Å². The summed E-state index contributed by atoms with van der Waals surface area (Å²) in [5.74, 6) is 1.09. The van der Waals surface area contributed by atoms with Crippen molar-refractivity contribution in [3.63, 3.8) is 0 Å². The Morgan fingerprint density at radius 1 is 1.20 bits per heavy atom. The fourth-order valence-electron chi connectivity index (χ4n) is 3.70.